The molecule has 0 spiro atoms. The van der Waals surface area contributed by atoms with Gasteiger partial charge in [0.25, 0.3) is 10.0 Å². The van der Waals surface area contributed by atoms with Crippen LogP contribution in [0.25, 0.3) is 0 Å². The fourth-order valence-electron chi connectivity index (χ4n) is 2.22. The summed E-state index contributed by atoms with van der Waals surface area (Å²) in [4.78, 5) is 12.7. The summed E-state index contributed by atoms with van der Waals surface area (Å²) in [6, 6.07) is 12.5. The van der Waals surface area contributed by atoms with E-state index < -0.39 is 21.7 Å². The Morgan fingerprint density at radius 2 is 1.65 bits per heavy atom. The molecule has 6 heteroatoms. The van der Waals surface area contributed by atoms with E-state index >= 15 is 0 Å². The number of amides is 1. The summed E-state index contributed by atoms with van der Waals surface area (Å²) in [6.07, 6.45) is 4.48. The van der Waals surface area contributed by atoms with Gasteiger partial charge in [-0.05, 0) is 52.0 Å². The molecule has 0 aliphatic rings. The molecule has 0 N–H and O–H groups in total. The van der Waals surface area contributed by atoms with Crippen molar-refractivity contribution in [3.63, 3.8) is 0 Å². The number of hydrogen-bond donors (Lipinski definition) is 0. The summed E-state index contributed by atoms with van der Waals surface area (Å²) in [6.45, 7) is 6.83. The number of hydrogen-bond acceptors (Lipinski definition) is 4. The normalized spacial score (nSPS) is 11.5. The van der Waals surface area contributed by atoms with Crippen LogP contribution < -0.4 is 4.31 Å². The van der Waals surface area contributed by atoms with Gasteiger partial charge in [0.15, 0.2) is 0 Å². The average molecular weight is 371 g/mol. The van der Waals surface area contributed by atoms with Gasteiger partial charge in [-0.3, -0.25) is 0 Å². The summed E-state index contributed by atoms with van der Waals surface area (Å²) in [5, 5.41) is 0. The highest BCUT2D eigenvalue weighted by molar-refractivity contribution is 7.93. The van der Waals surface area contributed by atoms with Crippen molar-refractivity contribution < 1.29 is 17.9 Å². The molecule has 2 rings (SSSR count). The predicted molar refractivity (Wildman–Crippen MR) is 101 cm³/mol. The summed E-state index contributed by atoms with van der Waals surface area (Å²) in [5.41, 5.74) is 0.374. The van der Waals surface area contributed by atoms with Crippen LogP contribution in [0.1, 0.15) is 31.9 Å². The first-order valence-electron chi connectivity index (χ1n) is 7.97. The molecule has 2 aromatic carbocycles. The van der Waals surface area contributed by atoms with Crippen LogP contribution in [-0.2, 0) is 14.8 Å². The number of carbonyl (C=O) groups excluding carboxylic acids is 1. The molecule has 0 radical (unpaired) electrons. The van der Waals surface area contributed by atoms with E-state index in [0.717, 1.165) is 5.56 Å². The second-order valence-corrected chi connectivity index (χ2v) is 8.51. The molecular formula is C20H21NO4S. The van der Waals surface area contributed by atoms with Gasteiger partial charge in [0.2, 0.25) is 0 Å². The number of anilines is 1. The first-order valence-corrected chi connectivity index (χ1v) is 9.41. The zero-order valence-corrected chi connectivity index (χ0v) is 16.0. The first kappa shape index (κ1) is 19.5. The van der Waals surface area contributed by atoms with Gasteiger partial charge in [0, 0.05) is 5.56 Å². The van der Waals surface area contributed by atoms with Crippen molar-refractivity contribution in [2.75, 3.05) is 4.31 Å². The van der Waals surface area contributed by atoms with E-state index in [1.807, 2.05) is 6.92 Å². The Morgan fingerprint density at radius 1 is 1.08 bits per heavy atom. The summed E-state index contributed by atoms with van der Waals surface area (Å²) >= 11 is 0. The number of aryl methyl sites for hydroxylation is 1. The van der Waals surface area contributed by atoms with Crippen LogP contribution in [-0.4, -0.2) is 20.1 Å². The minimum absolute atomic E-state index is 0.0271. The molecule has 0 aliphatic carbocycles. The molecular weight excluding hydrogens is 350 g/mol. The van der Waals surface area contributed by atoms with Crippen LogP contribution in [0.3, 0.4) is 0 Å². The van der Waals surface area contributed by atoms with Crippen LogP contribution in [0.5, 0.6) is 0 Å². The smallest absolute Gasteiger partial charge is 0.429 e. The molecule has 1 amide bonds. The number of carbonyl (C=O) groups is 1. The Kier molecular flexibility index (Phi) is 5.43. The second-order valence-electron chi connectivity index (χ2n) is 6.72. The number of sulfonamides is 1. The van der Waals surface area contributed by atoms with E-state index in [0.29, 0.717) is 4.31 Å². The largest absolute Gasteiger partial charge is 0.443 e. The Balaban J connectivity index is 2.66. The fraction of sp³-hybridized carbons (Fsp3) is 0.250. The number of nitrogens with zero attached hydrogens (tertiary/aromatic N) is 1. The number of para-hydroxylation sites is 1. The summed E-state index contributed by atoms with van der Waals surface area (Å²) < 4.78 is 32.3. The van der Waals surface area contributed by atoms with Gasteiger partial charge in [0.05, 0.1) is 10.6 Å². The van der Waals surface area contributed by atoms with Crippen molar-refractivity contribution in [2.24, 2.45) is 0 Å². The van der Waals surface area contributed by atoms with Gasteiger partial charge in [-0.2, -0.15) is 4.31 Å². The van der Waals surface area contributed by atoms with Crippen molar-refractivity contribution in [3.05, 3.63) is 59.7 Å². The standard InChI is InChI=1S/C20H21NO4S/c1-6-16-9-7-8-10-18(16)21(19(22)25-20(3,4)5)26(23,24)17-13-11-15(2)12-14-17/h1,7-14H,2-5H3. The van der Waals surface area contributed by atoms with Gasteiger partial charge in [-0.1, -0.05) is 35.7 Å². The Morgan fingerprint density at radius 3 is 2.19 bits per heavy atom. The lowest BCUT2D eigenvalue weighted by molar-refractivity contribution is 0.0609. The predicted octanol–water partition coefficient (Wildman–Crippen LogP) is 4.11. The molecule has 0 heterocycles. The van der Waals surface area contributed by atoms with Crippen LogP contribution in [0.2, 0.25) is 0 Å². The molecule has 2 aromatic rings. The van der Waals surface area contributed by atoms with Gasteiger partial charge < -0.3 is 4.74 Å². The number of benzene rings is 2. The number of rotatable bonds is 3. The third kappa shape index (κ3) is 4.24. The highest BCUT2D eigenvalue weighted by Crippen LogP contribution is 2.29. The van der Waals surface area contributed by atoms with E-state index in [-0.39, 0.29) is 16.1 Å². The van der Waals surface area contributed by atoms with Crippen LogP contribution >= 0.6 is 0 Å². The third-order valence-corrected chi connectivity index (χ3v) is 5.09. The van der Waals surface area contributed by atoms with Crippen molar-refractivity contribution in [2.45, 2.75) is 38.2 Å². The summed E-state index contributed by atoms with van der Waals surface area (Å²) in [7, 11) is -4.21. The molecule has 0 saturated heterocycles. The molecule has 136 valence electrons. The average Bonchev–Trinajstić information content (AvgIpc) is 2.54. The first-order chi connectivity index (χ1) is 12.1. The minimum Gasteiger partial charge on any atom is -0.443 e. The van der Waals surface area contributed by atoms with Crippen molar-refractivity contribution in [3.8, 4) is 12.3 Å². The second kappa shape index (κ2) is 7.22. The molecule has 0 bridgehead atoms. The van der Waals surface area contributed by atoms with Crippen molar-refractivity contribution in [1.82, 2.24) is 0 Å². The van der Waals surface area contributed by atoms with E-state index in [9.17, 15) is 13.2 Å². The highest BCUT2D eigenvalue weighted by Gasteiger charge is 2.35. The van der Waals surface area contributed by atoms with Gasteiger partial charge in [0.1, 0.15) is 5.60 Å². The molecule has 0 unspecified atom stereocenters. The van der Waals surface area contributed by atoms with Crippen molar-refractivity contribution in [1.29, 1.82) is 0 Å². The number of ether oxygens (including phenoxy) is 1. The molecule has 0 aromatic heterocycles. The van der Waals surface area contributed by atoms with Crippen LogP contribution in [0.15, 0.2) is 53.4 Å². The Bertz CT molecular complexity index is 949. The zero-order valence-electron chi connectivity index (χ0n) is 15.2. The van der Waals surface area contributed by atoms with E-state index in [1.54, 1.807) is 51.1 Å². The third-order valence-electron chi connectivity index (χ3n) is 3.40. The molecule has 0 aliphatic heterocycles. The van der Waals surface area contributed by atoms with E-state index in [2.05, 4.69) is 5.92 Å². The molecule has 26 heavy (non-hydrogen) atoms. The topological polar surface area (TPSA) is 63.7 Å². The SMILES string of the molecule is C#Cc1ccccc1N(C(=O)OC(C)(C)C)S(=O)(=O)c1ccc(C)cc1. The maximum absolute atomic E-state index is 13.2. The molecule has 0 saturated carbocycles. The lowest BCUT2D eigenvalue weighted by atomic mass is 10.2. The molecule has 0 atom stereocenters. The quantitative estimate of drug-likeness (QED) is 0.762. The monoisotopic (exact) mass is 371 g/mol. The van der Waals surface area contributed by atoms with Crippen molar-refractivity contribution >= 4 is 21.8 Å². The Hall–Kier alpha value is -2.78. The van der Waals surface area contributed by atoms with Gasteiger partial charge in [-0.15, -0.1) is 6.42 Å². The van der Waals surface area contributed by atoms with E-state index in [4.69, 9.17) is 11.2 Å². The molecule has 5 nitrogen and oxygen atoms in total. The lowest BCUT2D eigenvalue weighted by Crippen LogP contribution is -2.41. The highest BCUT2D eigenvalue weighted by atomic mass is 32.2. The fourth-order valence-corrected chi connectivity index (χ4v) is 3.56. The van der Waals surface area contributed by atoms with Gasteiger partial charge in [-0.25, -0.2) is 13.2 Å². The van der Waals surface area contributed by atoms with Crippen LogP contribution in [0.4, 0.5) is 10.5 Å². The van der Waals surface area contributed by atoms with Crippen LogP contribution in [0, 0.1) is 19.3 Å². The van der Waals surface area contributed by atoms with Gasteiger partial charge >= 0.3 is 6.09 Å². The maximum Gasteiger partial charge on any atom is 0.429 e. The minimum atomic E-state index is -4.21. The number of terminal acetylenes is 1. The Labute approximate surface area is 154 Å². The zero-order chi connectivity index (χ0) is 19.5. The van der Waals surface area contributed by atoms with E-state index in [1.165, 1.54) is 18.2 Å². The maximum atomic E-state index is 13.2. The summed E-state index contributed by atoms with van der Waals surface area (Å²) in [5.74, 6) is 2.41. The molecule has 0 fully saturated rings. The lowest BCUT2D eigenvalue weighted by Gasteiger charge is -2.27.